The van der Waals surface area contributed by atoms with Gasteiger partial charge in [-0.05, 0) is 42.7 Å². The molecular formula is C23H24N4. The summed E-state index contributed by atoms with van der Waals surface area (Å²) in [6, 6.07) is 18.1. The topological polar surface area (TPSA) is 62.9 Å². The van der Waals surface area contributed by atoms with Crippen molar-refractivity contribution in [2.24, 2.45) is 0 Å². The smallest absolute Gasteiger partial charge is 0.195 e. The van der Waals surface area contributed by atoms with Gasteiger partial charge >= 0.3 is 0 Å². The molecule has 1 aliphatic heterocycles. The molecule has 2 N–H and O–H groups in total. The maximum atomic E-state index is 9.31. The van der Waals surface area contributed by atoms with Crippen molar-refractivity contribution in [2.75, 3.05) is 7.05 Å². The van der Waals surface area contributed by atoms with Gasteiger partial charge in [-0.25, -0.2) is 0 Å². The van der Waals surface area contributed by atoms with E-state index in [0.717, 1.165) is 28.0 Å². The highest BCUT2D eigenvalue weighted by molar-refractivity contribution is 5.82. The summed E-state index contributed by atoms with van der Waals surface area (Å²) >= 11 is 0. The standard InChI is InChI=1S/C23H24N4/c1-15(2)18-9-11-19(12-10-18)21-16(3)27(5)22(25)26-23(21,4)20-8-6-7-17(13-20)14-24/h6-13,21H,1,3H2,2,4-5H3,(H2,25,26)/t21-,23+/m0/s1. The summed E-state index contributed by atoms with van der Waals surface area (Å²) in [6.07, 6.45) is 0. The van der Waals surface area contributed by atoms with Gasteiger partial charge in [-0.2, -0.15) is 5.26 Å². The highest BCUT2D eigenvalue weighted by Gasteiger charge is 2.45. The molecule has 2 aromatic carbocycles. The molecule has 0 radical (unpaired) electrons. The molecule has 4 heteroatoms. The quantitative estimate of drug-likeness (QED) is 0.846. The first-order chi connectivity index (χ1) is 12.8. The summed E-state index contributed by atoms with van der Waals surface area (Å²) in [5, 5.41) is 21.0. The maximum Gasteiger partial charge on any atom is 0.195 e. The SMILES string of the molecule is C=C(C)c1ccc([C@@H]2C(=C)N(C)C(=N)N[C@]2(C)c2cccc(C#N)c2)cc1. The second-order valence-corrected chi connectivity index (χ2v) is 7.25. The predicted octanol–water partition coefficient (Wildman–Crippen LogP) is 4.57. The zero-order valence-electron chi connectivity index (χ0n) is 16.0. The Labute approximate surface area is 161 Å². The van der Waals surface area contributed by atoms with Crippen LogP contribution in [0.3, 0.4) is 0 Å². The first kappa shape index (κ1) is 18.5. The Morgan fingerprint density at radius 1 is 1.26 bits per heavy atom. The van der Waals surface area contributed by atoms with E-state index in [2.05, 4.69) is 55.7 Å². The van der Waals surface area contributed by atoms with E-state index < -0.39 is 5.54 Å². The second-order valence-electron chi connectivity index (χ2n) is 7.25. The van der Waals surface area contributed by atoms with Crippen molar-refractivity contribution in [2.45, 2.75) is 25.3 Å². The zero-order chi connectivity index (χ0) is 19.8. The van der Waals surface area contributed by atoms with Crippen LogP contribution in [-0.4, -0.2) is 17.9 Å². The lowest BCUT2D eigenvalue weighted by molar-refractivity contribution is 0.292. The van der Waals surface area contributed by atoms with Crippen LogP contribution in [0.2, 0.25) is 0 Å². The first-order valence-corrected chi connectivity index (χ1v) is 8.83. The van der Waals surface area contributed by atoms with E-state index in [-0.39, 0.29) is 5.92 Å². The lowest BCUT2D eigenvalue weighted by Crippen LogP contribution is -2.58. The molecule has 0 aliphatic carbocycles. The number of allylic oxidation sites excluding steroid dienone is 1. The molecule has 1 aliphatic rings. The third-order valence-electron chi connectivity index (χ3n) is 5.38. The molecule has 136 valence electrons. The molecule has 1 fully saturated rings. The summed E-state index contributed by atoms with van der Waals surface area (Å²) in [5.41, 5.74) is 5.01. The van der Waals surface area contributed by atoms with Crippen LogP contribution in [0.15, 0.2) is 67.4 Å². The summed E-state index contributed by atoms with van der Waals surface area (Å²) in [5.74, 6) is 0.199. The highest BCUT2D eigenvalue weighted by atomic mass is 15.3. The highest BCUT2D eigenvalue weighted by Crippen LogP contribution is 2.45. The van der Waals surface area contributed by atoms with Crippen LogP contribution >= 0.6 is 0 Å². The Morgan fingerprint density at radius 3 is 2.52 bits per heavy atom. The lowest BCUT2D eigenvalue weighted by Gasteiger charge is -2.48. The van der Waals surface area contributed by atoms with Gasteiger partial charge in [0.15, 0.2) is 5.96 Å². The number of nitrogens with zero attached hydrogens (tertiary/aromatic N) is 2. The normalized spacial score (nSPS) is 22.1. The van der Waals surface area contributed by atoms with Crippen molar-refractivity contribution in [3.8, 4) is 6.07 Å². The fraction of sp³-hybridized carbons (Fsp3) is 0.217. The van der Waals surface area contributed by atoms with E-state index in [1.807, 2.05) is 32.2 Å². The Bertz CT molecular complexity index is 965. The average molecular weight is 356 g/mol. The monoisotopic (exact) mass is 356 g/mol. The predicted molar refractivity (Wildman–Crippen MR) is 110 cm³/mol. The number of benzene rings is 2. The number of hydrogen-bond acceptors (Lipinski definition) is 2. The molecule has 0 saturated carbocycles. The fourth-order valence-corrected chi connectivity index (χ4v) is 3.71. The van der Waals surface area contributed by atoms with E-state index >= 15 is 0 Å². The van der Waals surface area contributed by atoms with Crippen molar-refractivity contribution in [3.63, 3.8) is 0 Å². The summed E-state index contributed by atoms with van der Waals surface area (Å²) in [7, 11) is 1.85. The van der Waals surface area contributed by atoms with E-state index in [1.54, 1.807) is 11.0 Å². The number of hydrogen-bond donors (Lipinski definition) is 2. The molecule has 1 heterocycles. The second kappa shape index (κ2) is 6.77. The van der Waals surface area contributed by atoms with Crippen LogP contribution in [0, 0.1) is 16.7 Å². The summed E-state index contributed by atoms with van der Waals surface area (Å²) < 4.78 is 0. The van der Waals surface area contributed by atoms with Crippen molar-refractivity contribution < 1.29 is 0 Å². The number of rotatable bonds is 3. The molecule has 27 heavy (non-hydrogen) atoms. The molecule has 0 bridgehead atoms. The minimum atomic E-state index is -0.599. The Balaban J connectivity index is 2.16. The average Bonchev–Trinajstić information content (AvgIpc) is 2.66. The van der Waals surface area contributed by atoms with Gasteiger partial charge in [0.1, 0.15) is 0 Å². The van der Waals surface area contributed by atoms with Crippen LogP contribution in [0.1, 0.15) is 42.0 Å². The lowest BCUT2D eigenvalue weighted by atomic mass is 9.72. The molecule has 3 rings (SSSR count). The fourth-order valence-electron chi connectivity index (χ4n) is 3.71. The maximum absolute atomic E-state index is 9.31. The van der Waals surface area contributed by atoms with Gasteiger partial charge < -0.3 is 10.2 Å². The van der Waals surface area contributed by atoms with Crippen LogP contribution in [-0.2, 0) is 5.54 Å². The molecule has 0 amide bonds. The summed E-state index contributed by atoms with van der Waals surface area (Å²) in [6.45, 7) is 12.3. The largest absolute Gasteiger partial charge is 0.346 e. The Kier molecular flexibility index (Phi) is 4.63. The van der Waals surface area contributed by atoms with Crippen LogP contribution in [0.25, 0.3) is 5.57 Å². The van der Waals surface area contributed by atoms with Crippen LogP contribution in [0.4, 0.5) is 0 Å². The minimum absolute atomic E-state index is 0.0929. The molecule has 0 unspecified atom stereocenters. The first-order valence-electron chi connectivity index (χ1n) is 8.83. The summed E-state index contributed by atoms with van der Waals surface area (Å²) in [4.78, 5) is 1.77. The number of guanidine groups is 1. The van der Waals surface area contributed by atoms with Gasteiger partial charge in [0.2, 0.25) is 0 Å². The molecule has 2 aromatic rings. The van der Waals surface area contributed by atoms with Crippen molar-refractivity contribution in [1.29, 1.82) is 10.7 Å². The van der Waals surface area contributed by atoms with Crippen LogP contribution < -0.4 is 5.32 Å². The van der Waals surface area contributed by atoms with Gasteiger partial charge in [-0.3, -0.25) is 5.41 Å². The van der Waals surface area contributed by atoms with Gasteiger partial charge in [0.05, 0.1) is 23.1 Å². The number of nitrogens with one attached hydrogen (secondary N) is 2. The Morgan fingerprint density at radius 2 is 1.93 bits per heavy atom. The van der Waals surface area contributed by atoms with Crippen molar-refractivity contribution in [3.05, 3.63) is 89.6 Å². The Hall–Kier alpha value is -3.32. The van der Waals surface area contributed by atoms with Gasteiger partial charge in [0, 0.05) is 12.7 Å². The van der Waals surface area contributed by atoms with E-state index in [0.29, 0.717) is 11.5 Å². The van der Waals surface area contributed by atoms with E-state index in [1.165, 1.54) is 0 Å². The molecular weight excluding hydrogens is 332 g/mol. The van der Waals surface area contributed by atoms with E-state index in [9.17, 15) is 5.26 Å². The van der Waals surface area contributed by atoms with Crippen molar-refractivity contribution >= 4 is 11.5 Å². The molecule has 4 nitrogen and oxygen atoms in total. The van der Waals surface area contributed by atoms with E-state index in [4.69, 9.17) is 5.41 Å². The van der Waals surface area contributed by atoms with Gasteiger partial charge in [-0.1, -0.05) is 55.1 Å². The third kappa shape index (κ3) is 3.13. The number of nitriles is 1. The third-order valence-corrected chi connectivity index (χ3v) is 5.38. The van der Waals surface area contributed by atoms with Gasteiger partial charge in [-0.15, -0.1) is 0 Å². The van der Waals surface area contributed by atoms with Gasteiger partial charge in [0.25, 0.3) is 0 Å². The van der Waals surface area contributed by atoms with Crippen molar-refractivity contribution in [1.82, 2.24) is 10.2 Å². The van der Waals surface area contributed by atoms with Crippen LogP contribution in [0.5, 0.6) is 0 Å². The molecule has 0 aromatic heterocycles. The molecule has 2 atom stereocenters. The molecule has 0 spiro atoms. The molecule has 1 saturated heterocycles. The minimum Gasteiger partial charge on any atom is -0.346 e. The number of likely N-dealkylation sites (N-methyl/N-ethyl adjacent to an activating group) is 1. The zero-order valence-corrected chi connectivity index (χ0v) is 16.0.